The summed E-state index contributed by atoms with van der Waals surface area (Å²) in [5, 5.41) is 14.0. The maximum atomic E-state index is 10.6. The first-order valence-electron chi connectivity index (χ1n) is 7.13. The van der Waals surface area contributed by atoms with Gasteiger partial charge >= 0.3 is 0 Å². The molecule has 1 fully saturated rings. The van der Waals surface area contributed by atoms with Gasteiger partial charge in [-0.15, -0.1) is 0 Å². The van der Waals surface area contributed by atoms with Gasteiger partial charge < -0.3 is 10.4 Å². The van der Waals surface area contributed by atoms with Gasteiger partial charge in [-0.3, -0.25) is 0 Å². The molecule has 0 aromatic carbocycles. The van der Waals surface area contributed by atoms with Crippen molar-refractivity contribution >= 4 is 0 Å². The Bertz CT molecular complexity index is 174. The van der Waals surface area contributed by atoms with Crippen LogP contribution in [0.3, 0.4) is 0 Å². The number of hydrogen-bond acceptors (Lipinski definition) is 2. The van der Waals surface area contributed by atoms with Crippen molar-refractivity contribution in [1.82, 2.24) is 5.32 Å². The van der Waals surface area contributed by atoms with Crippen LogP contribution in [0.5, 0.6) is 0 Å². The molecule has 0 aliphatic carbocycles. The van der Waals surface area contributed by atoms with Crippen LogP contribution >= 0.6 is 0 Å². The van der Waals surface area contributed by atoms with Crippen LogP contribution in [0.15, 0.2) is 0 Å². The van der Waals surface area contributed by atoms with Crippen LogP contribution in [0.2, 0.25) is 0 Å². The summed E-state index contributed by atoms with van der Waals surface area (Å²) in [7, 11) is 0. The fraction of sp³-hybridized carbons (Fsp3) is 1.00. The van der Waals surface area contributed by atoms with Crippen molar-refractivity contribution in [2.24, 2.45) is 5.92 Å². The molecule has 1 aliphatic rings. The normalized spacial score (nSPS) is 28.7. The molecule has 1 saturated heterocycles. The van der Waals surface area contributed by atoms with Gasteiger partial charge in [0.2, 0.25) is 0 Å². The highest BCUT2D eigenvalue weighted by molar-refractivity contribution is 4.84. The summed E-state index contributed by atoms with van der Waals surface area (Å²) >= 11 is 0. The Hall–Kier alpha value is -0.0800. The number of aliphatic hydroxyl groups is 1. The molecular formula is C14H29NO. The fourth-order valence-corrected chi connectivity index (χ4v) is 2.80. The molecule has 16 heavy (non-hydrogen) atoms. The molecule has 0 amide bonds. The monoisotopic (exact) mass is 227 g/mol. The summed E-state index contributed by atoms with van der Waals surface area (Å²) in [6.07, 6.45) is 9.17. The van der Waals surface area contributed by atoms with E-state index in [0.29, 0.717) is 0 Å². The molecule has 2 N–H and O–H groups in total. The second-order valence-electron chi connectivity index (χ2n) is 5.45. The van der Waals surface area contributed by atoms with E-state index in [9.17, 15) is 5.11 Å². The van der Waals surface area contributed by atoms with E-state index in [1.54, 1.807) is 0 Å². The number of rotatable bonds is 6. The molecule has 2 heteroatoms. The van der Waals surface area contributed by atoms with Gasteiger partial charge in [0.1, 0.15) is 0 Å². The van der Waals surface area contributed by atoms with E-state index in [4.69, 9.17) is 0 Å². The first kappa shape index (κ1) is 14.0. The number of unbranched alkanes of at least 4 members (excludes halogenated alkanes) is 1. The first-order chi connectivity index (χ1) is 7.70. The van der Waals surface area contributed by atoms with Crippen molar-refractivity contribution in [2.75, 3.05) is 13.1 Å². The van der Waals surface area contributed by atoms with Gasteiger partial charge in [-0.1, -0.05) is 39.5 Å². The molecule has 0 aromatic rings. The van der Waals surface area contributed by atoms with Crippen LogP contribution in [0, 0.1) is 5.92 Å². The summed E-state index contributed by atoms with van der Waals surface area (Å²) in [5.74, 6) is 0.725. The first-order valence-corrected chi connectivity index (χ1v) is 7.13. The van der Waals surface area contributed by atoms with Crippen LogP contribution in [-0.4, -0.2) is 23.8 Å². The average molecular weight is 227 g/mol. The van der Waals surface area contributed by atoms with Crippen LogP contribution in [-0.2, 0) is 0 Å². The fourth-order valence-electron chi connectivity index (χ4n) is 2.80. The van der Waals surface area contributed by atoms with Crippen molar-refractivity contribution in [1.29, 1.82) is 0 Å². The zero-order valence-electron chi connectivity index (χ0n) is 11.1. The maximum absolute atomic E-state index is 10.6. The van der Waals surface area contributed by atoms with E-state index in [-0.39, 0.29) is 5.60 Å². The summed E-state index contributed by atoms with van der Waals surface area (Å²) in [4.78, 5) is 0. The minimum absolute atomic E-state index is 0.377. The van der Waals surface area contributed by atoms with Gasteiger partial charge in [-0.05, 0) is 44.7 Å². The van der Waals surface area contributed by atoms with Gasteiger partial charge in [0, 0.05) is 0 Å². The molecule has 0 radical (unpaired) electrons. The highest BCUT2D eigenvalue weighted by Crippen LogP contribution is 2.30. The average Bonchev–Trinajstić information content (AvgIpc) is 2.49. The van der Waals surface area contributed by atoms with E-state index >= 15 is 0 Å². The van der Waals surface area contributed by atoms with Crippen molar-refractivity contribution in [3.63, 3.8) is 0 Å². The lowest BCUT2D eigenvalue weighted by Gasteiger charge is -2.30. The van der Waals surface area contributed by atoms with Gasteiger partial charge in [-0.25, -0.2) is 0 Å². The van der Waals surface area contributed by atoms with Crippen LogP contribution in [0.4, 0.5) is 0 Å². The lowest BCUT2D eigenvalue weighted by atomic mass is 9.82. The van der Waals surface area contributed by atoms with Gasteiger partial charge in [0.25, 0.3) is 0 Å². The Kier molecular flexibility index (Phi) is 6.37. The largest absolute Gasteiger partial charge is 0.390 e. The van der Waals surface area contributed by atoms with E-state index in [1.807, 2.05) is 0 Å². The minimum atomic E-state index is -0.377. The van der Waals surface area contributed by atoms with Gasteiger partial charge in [0.15, 0.2) is 0 Å². The molecule has 2 nitrogen and oxygen atoms in total. The van der Waals surface area contributed by atoms with Crippen molar-refractivity contribution in [3.05, 3.63) is 0 Å². The van der Waals surface area contributed by atoms with Crippen LogP contribution in [0.25, 0.3) is 0 Å². The van der Waals surface area contributed by atoms with E-state index in [2.05, 4.69) is 19.2 Å². The Morgan fingerprint density at radius 3 is 2.75 bits per heavy atom. The Morgan fingerprint density at radius 2 is 2.06 bits per heavy atom. The quantitative estimate of drug-likeness (QED) is 0.731. The molecule has 0 aromatic heterocycles. The van der Waals surface area contributed by atoms with Crippen molar-refractivity contribution in [3.8, 4) is 0 Å². The third-order valence-electron chi connectivity index (χ3n) is 3.97. The predicted octanol–water partition coefficient (Wildman–Crippen LogP) is 3.10. The lowest BCUT2D eigenvalue weighted by molar-refractivity contribution is 0.00212. The van der Waals surface area contributed by atoms with Gasteiger partial charge in [-0.2, -0.15) is 0 Å². The summed E-state index contributed by atoms with van der Waals surface area (Å²) < 4.78 is 0. The highest BCUT2D eigenvalue weighted by Gasteiger charge is 2.30. The summed E-state index contributed by atoms with van der Waals surface area (Å²) in [5.41, 5.74) is -0.377. The number of hydrogen-bond donors (Lipinski definition) is 2. The zero-order chi connectivity index (χ0) is 11.9. The smallest absolute Gasteiger partial charge is 0.0663 e. The van der Waals surface area contributed by atoms with Crippen LogP contribution in [0.1, 0.15) is 65.2 Å². The highest BCUT2D eigenvalue weighted by atomic mass is 16.3. The van der Waals surface area contributed by atoms with Crippen molar-refractivity contribution in [2.45, 2.75) is 70.8 Å². The topological polar surface area (TPSA) is 32.3 Å². The Balaban J connectivity index is 2.40. The molecule has 0 spiro atoms. The standard InChI is InChI=1S/C14H29NO/c1-3-5-7-13(4-2)12-14(16)8-6-10-15-11-9-14/h13,15-16H,3-12H2,1-2H3. The molecule has 1 rings (SSSR count). The zero-order valence-corrected chi connectivity index (χ0v) is 11.1. The molecule has 96 valence electrons. The number of nitrogens with one attached hydrogen (secondary N) is 1. The van der Waals surface area contributed by atoms with E-state index in [1.165, 1.54) is 25.7 Å². The predicted molar refractivity (Wildman–Crippen MR) is 69.6 cm³/mol. The minimum Gasteiger partial charge on any atom is -0.390 e. The Morgan fingerprint density at radius 1 is 1.25 bits per heavy atom. The lowest BCUT2D eigenvalue weighted by Crippen LogP contribution is -2.32. The van der Waals surface area contributed by atoms with Crippen molar-refractivity contribution < 1.29 is 5.11 Å². The third kappa shape index (κ3) is 4.84. The van der Waals surface area contributed by atoms with Gasteiger partial charge in [0.05, 0.1) is 5.60 Å². The van der Waals surface area contributed by atoms with Crippen LogP contribution < -0.4 is 5.32 Å². The second-order valence-corrected chi connectivity index (χ2v) is 5.45. The van der Waals surface area contributed by atoms with E-state index in [0.717, 1.165) is 44.7 Å². The SMILES string of the molecule is CCCCC(CC)CC1(O)CCCNCC1. The third-order valence-corrected chi connectivity index (χ3v) is 3.97. The second kappa shape index (κ2) is 7.29. The summed E-state index contributed by atoms with van der Waals surface area (Å²) in [6.45, 7) is 6.57. The summed E-state index contributed by atoms with van der Waals surface area (Å²) in [6, 6.07) is 0. The maximum Gasteiger partial charge on any atom is 0.0663 e. The molecule has 2 unspecified atom stereocenters. The Labute approximate surface area is 101 Å². The molecule has 0 saturated carbocycles. The molecule has 0 bridgehead atoms. The molecule has 1 aliphatic heterocycles. The molecule has 1 heterocycles. The molecule has 2 atom stereocenters. The van der Waals surface area contributed by atoms with E-state index < -0.39 is 0 Å². The molecular weight excluding hydrogens is 198 g/mol.